The summed E-state index contributed by atoms with van der Waals surface area (Å²) < 4.78 is 5.29. The molecule has 0 radical (unpaired) electrons. The van der Waals surface area contributed by atoms with Crippen LogP contribution in [0.4, 0.5) is 5.69 Å². The number of hydrogen-bond donors (Lipinski definition) is 2. The van der Waals surface area contributed by atoms with Gasteiger partial charge in [0.15, 0.2) is 5.75 Å². The first-order valence-corrected chi connectivity index (χ1v) is 5.39. The Balaban J connectivity index is 2.59. The highest BCUT2D eigenvalue weighted by Gasteiger charge is 2.16. The minimum Gasteiger partial charge on any atom is -0.487 e. The van der Waals surface area contributed by atoms with Crippen molar-refractivity contribution >= 4 is 11.6 Å². The molecule has 3 N–H and O–H groups in total. The number of carbonyl (C=O) groups is 1. The second kappa shape index (κ2) is 6.55. The Labute approximate surface area is 104 Å². The largest absolute Gasteiger partial charge is 0.487 e. The molecule has 18 heavy (non-hydrogen) atoms. The van der Waals surface area contributed by atoms with Crippen molar-refractivity contribution < 1.29 is 14.5 Å². The lowest BCUT2D eigenvalue weighted by molar-refractivity contribution is -0.385. The number of nitrogens with one attached hydrogen (secondary N) is 1. The Morgan fingerprint density at radius 3 is 2.78 bits per heavy atom. The van der Waals surface area contributed by atoms with Crippen LogP contribution in [0.15, 0.2) is 24.3 Å². The first kappa shape index (κ1) is 13.9. The number of ether oxygens (including phenoxy) is 1. The Bertz CT molecular complexity index is 436. The predicted octanol–water partition coefficient (Wildman–Crippen LogP) is 0.437. The van der Waals surface area contributed by atoms with Crippen molar-refractivity contribution in [1.82, 2.24) is 5.32 Å². The molecule has 0 fully saturated rings. The third kappa shape index (κ3) is 3.70. The number of primary amides is 1. The van der Waals surface area contributed by atoms with Gasteiger partial charge in [0.1, 0.15) is 0 Å². The molecule has 0 aromatic heterocycles. The highest BCUT2D eigenvalue weighted by atomic mass is 16.6. The summed E-state index contributed by atoms with van der Waals surface area (Å²) in [6, 6.07) is 5.57. The number of nitrogens with two attached hydrogens (primary N) is 1. The third-order valence-electron chi connectivity index (χ3n) is 2.42. The molecule has 0 bridgehead atoms. The fourth-order valence-corrected chi connectivity index (χ4v) is 1.45. The molecule has 0 saturated carbocycles. The number of likely N-dealkylation sites (N-methyl/N-ethyl adjacent to an activating group) is 1. The van der Waals surface area contributed by atoms with Crippen LogP contribution < -0.4 is 15.8 Å². The van der Waals surface area contributed by atoms with Gasteiger partial charge in [-0.15, -0.1) is 0 Å². The van der Waals surface area contributed by atoms with Crippen LogP contribution in [-0.2, 0) is 4.79 Å². The Kier molecular flexibility index (Phi) is 5.06. The van der Waals surface area contributed by atoms with Crippen molar-refractivity contribution in [2.45, 2.75) is 12.5 Å². The van der Waals surface area contributed by atoms with Crippen molar-refractivity contribution in [1.29, 1.82) is 0 Å². The molecule has 0 aliphatic rings. The summed E-state index contributed by atoms with van der Waals surface area (Å²) in [5, 5.41) is 13.5. The number of nitro benzene ring substituents is 1. The highest BCUT2D eigenvalue weighted by molar-refractivity contribution is 5.79. The van der Waals surface area contributed by atoms with E-state index in [1.165, 1.54) is 12.1 Å². The minimum absolute atomic E-state index is 0.0995. The molecule has 0 aliphatic carbocycles. The zero-order valence-electron chi connectivity index (χ0n) is 9.96. The van der Waals surface area contributed by atoms with Crippen LogP contribution in [0.25, 0.3) is 0 Å². The topological polar surface area (TPSA) is 107 Å². The zero-order chi connectivity index (χ0) is 13.5. The standard InChI is InChI=1S/C11H15N3O4/c1-13-8(11(12)15)6-7-18-10-5-3-2-4-9(10)14(16)17/h2-5,8,13H,6-7H2,1H3,(H2,12,15). The summed E-state index contributed by atoms with van der Waals surface area (Å²) in [4.78, 5) is 21.2. The number of nitro groups is 1. The maximum absolute atomic E-state index is 10.9. The molecule has 7 heteroatoms. The number of amides is 1. The van der Waals surface area contributed by atoms with Crippen LogP contribution >= 0.6 is 0 Å². The van der Waals surface area contributed by atoms with Gasteiger partial charge in [-0.05, 0) is 13.1 Å². The van der Waals surface area contributed by atoms with Crippen molar-refractivity contribution in [3.05, 3.63) is 34.4 Å². The molecule has 1 aromatic carbocycles. The highest BCUT2D eigenvalue weighted by Crippen LogP contribution is 2.25. The van der Waals surface area contributed by atoms with E-state index in [-0.39, 0.29) is 18.0 Å². The van der Waals surface area contributed by atoms with Crippen LogP contribution in [0.5, 0.6) is 5.75 Å². The van der Waals surface area contributed by atoms with E-state index in [1.54, 1.807) is 19.2 Å². The van der Waals surface area contributed by atoms with Crippen molar-refractivity contribution in [2.75, 3.05) is 13.7 Å². The molecule has 7 nitrogen and oxygen atoms in total. The zero-order valence-corrected chi connectivity index (χ0v) is 9.96. The van der Waals surface area contributed by atoms with E-state index in [4.69, 9.17) is 10.5 Å². The molecule has 1 amide bonds. The average molecular weight is 253 g/mol. The third-order valence-corrected chi connectivity index (χ3v) is 2.42. The molecule has 0 aliphatic heterocycles. The molecule has 1 rings (SSSR count). The van der Waals surface area contributed by atoms with Gasteiger partial charge in [0, 0.05) is 12.5 Å². The van der Waals surface area contributed by atoms with Gasteiger partial charge in [0.05, 0.1) is 17.6 Å². The molecule has 98 valence electrons. The number of para-hydroxylation sites is 2. The molecule has 0 spiro atoms. The minimum atomic E-state index is -0.515. The number of benzene rings is 1. The number of hydrogen-bond acceptors (Lipinski definition) is 5. The molecule has 0 saturated heterocycles. The van der Waals surface area contributed by atoms with Gasteiger partial charge in [-0.25, -0.2) is 0 Å². The monoisotopic (exact) mass is 253 g/mol. The van der Waals surface area contributed by atoms with Crippen LogP contribution in [-0.4, -0.2) is 30.5 Å². The summed E-state index contributed by atoms with van der Waals surface area (Å²) in [6.45, 7) is 0.166. The van der Waals surface area contributed by atoms with Gasteiger partial charge in [-0.3, -0.25) is 14.9 Å². The number of rotatable bonds is 7. The lowest BCUT2D eigenvalue weighted by Gasteiger charge is -2.12. The molecule has 1 unspecified atom stereocenters. The lowest BCUT2D eigenvalue weighted by Crippen LogP contribution is -2.40. The maximum atomic E-state index is 10.9. The van der Waals surface area contributed by atoms with E-state index in [9.17, 15) is 14.9 Å². The quantitative estimate of drug-likeness (QED) is 0.541. The van der Waals surface area contributed by atoms with Gasteiger partial charge >= 0.3 is 5.69 Å². The summed E-state index contributed by atoms with van der Waals surface area (Å²) in [5.41, 5.74) is 5.04. The average Bonchev–Trinajstić information content (AvgIpc) is 2.34. The SMILES string of the molecule is CNC(CCOc1ccccc1[N+](=O)[O-])C(N)=O. The summed E-state index contributed by atoms with van der Waals surface area (Å²) in [7, 11) is 1.61. The van der Waals surface area contributed by atoms with Gasteiger partial charge in [-0.1, -0.05) is 12.1 Å². The van der Waals surface area contributed by atoms with Crippen LogP contribution in [0.2, 0.25) is 0 Å². The molecule has 0 heterocycles. The van der Waals surface area contributed by atoms with Crippen LogP contribution in [0.3, 0.4) is 0 Å². The molecule has 1 atom stereocenters. The van der Waals surface area contributed by atoms with E-state index in [0.29, 0.717) is 6.42 Å². The Hall–Kier alpha value is -2.15. The summed E-state index contributed by atoms with van der Waals surface area (Å²) in [6.07, 6.45) is 0.345. The second-order valence-corrected chi connectivity index (χ2v) is 3.61. The fourth-order valence-electron chi connectivity index (χ4n) is 1.45. The molecular formula is C11H15N3O4. The van der Waals surface area contributed by atoms with Crippen LogP contribution in [0, 0.1) is 10.1 Å². The smallest absolute Gasteiger partial charge is 0.310 e. The van der Waals surface area contributed by atoms with E-state index in [2.05, 4.69) is 5.32 Å². The van der Waals surface area contributed by atoms with Crippen molar-refractivity contribution in [3.8, 4) is 5.75 Å². The fraction of sp³-hybridized carbons (Fsp3) is 0.364. The normalized spacial score (nSPS) is 11.8. The van der Waals surface area contributed by atoms with Crippen molar-refractivity contribution in [2.24, 2.45) is 5.73 Å². The van der Waals surface area contributed by atoms with Gasteiger partial charge in [0.25, 0.3) is 0 Å². The van der Waals surface area contributed by atoms with Gasteiger partial charge < -0.3 is 15.8 Å². The Morgan fingerprint density at radius 2 is 2.22 bits per heavy atom. The van der Waals surface area contributed by atoms with E-state index < -0.39 is 16.9 Å². The predicted molar refractivity (Wildman–Crippen MR) is 65.3 cm³/mol. The van der Waals surface area contributed by atoms with Crippen molar-refractivity contribution in [3.63, 3.8) is 0 Å². The first-order valence-electron chi connectivity index (χ1n) is 5.39. The first-order chi connectivity index (χ1) is 8.56. The van der Waals surface area contributed by atoms with E-state index >= 15 is 0 Å². The lowest BCUT2D eigenvalue weighted by atomic mass is 10.2. The summed E-state index contributed by atoms with van der Waals surface area (Å²) in [5.74, 6) is -0.300. The van der Waals surface area contributed by atoms with Crippen LogP contribution in [0.1, 0.15) is 6.42 Å². The second-order valence-electron chi connectivity index (χ2n) is 3.61. The summed E-state index contributed by atoms with van der Waals surface area (Å²) >= 11 is 0. The van der Waals surface area contributed by atoms with Gasteiger partial charge in [-0.2, -0.15) is 0 Å². The Morgan fingerprint density at radius 1 is 1.56 bits per heavy atom. The molecule has 1 aromatic rings. The van der Waals surface area contributed by atoms with E-state index in [0.717, 1.165) is 0 Å². The number of nitrogens with zero attached hydrogens (tertiary/aromatic N) is 1. The van der Waals surface area contributed by atoms with E-state index in [1.807, 2.05) is 0 Å². The molecular weight excluding hydrogens is 238 g/mol. The number of carbonyl (C=O) groups excluding carboxylic acids is 1. The van der Waals surface area contributed by atoms with Gasteiger partial charge in [0.2, 0.25) is 5.91 Å². The maximum Gasteiger partial charge on any atom is 0.310 e.